The average molecular weight is 148 g/mol. The highest BCUT2D eigenvalue weighted by atomic mass is 13.9. The summed E-state index contributed by atoms with van der Waals surface area (Å²) in [5.74, 6) is 2.62. The molecule has 0 N–H and O–H groups in total. The molecule has 0 aliphatic heterocycles. The summed E-state index contributed by atoms with van der Waals surface area (Å²) in [6.45, 7) is 4.20. The maximum absolute atomic E-state index is 5.15. The Kier molecular flexibility index (Phi) is 6.53. The van der Waals surface area contributed by atoms with Crippen molar-refractivity contribution in [1.29, 1.82) is 0 Å². The zero-order valence-electron chi connectivity index (χ0n) is 7.43. The molecule has 0 atom stereocenters. The van der Waals surface area contributed by atoms with Crippen LogP contribution in [0.1, 0.15) is 33.1 Å². The van der Waals surface area contributed by atoms with Crippen LogP contribution in [0.4, 0.5) is 0 Å². The van der Waals surface area contributed by atoms with Gasteiger partial charge in [-0.2, -0.15) is 0 Å². The molecule has 0 fully saturated rings. The molecule has 0 unspecified atom stereocenters. The van der Waals surface area contributed by atoms with E-state index < -0.39 is 0 Å². The Balaban J connectivity index is 3.57. The van der Waals surface area contributed by atoms with E-state index >= 15 is 0 Å². The highest BCUT2D eigenvalue weighted by Gasteiger charge is 1.81. The van der Waals surface area contributed by atoms with Crippen molar-refractivity contribution in [1.82, 2.24) is 0 Å². The number of hydrogen-bond donors (Lipinski definition) is 0. The van der Waals surface area contributed by atoms with E-state index in [0.717, 1.165) is 19.3 Å². The van der Waals surface area contributed by atoms with Crippen LogP contribution < -0.4 is 0 Å². The Morgan fingerprint density at radius 3 is 2.73 bits per heavy atom. The van der Waals surface area contributed by atoms with Crippen LogP contribution in [0.15, 0.2) is 23.8 Å². The van der Waals surface area contributed by atoms with Gasteiger partial charge in [-0.15, -0.1) is 12.3 Å². The van der Waals surface area contributed by atoms with Gasteiger partial charge in [0.25, 0.3) is 0 Å². The predicted molar refractivity (Wildman–Crippen MR) is 51.3 cm³/mol. The first kappa shape index (κ1) is 10.0. The maximum Gasteiger partial charge on any atom is 0.0293 e. The normalized spacial score (nSPS) is 11.9. The molecule has 60 valence electrons. The van der Waals surface area contributed by atoms with E-state index in [-0.39, 0.29) is 0 Å². The largest absolute Gasteiger partial charge is 0.120 e. The van der Waals surface area contributed by atoms with Gasteiger partial charge < -0.3 is 0 Å². The molecule has 11 heavy (non-hydrogen) atoms. The van der Waals surface area contributed by atoms with Crippen molar-refractivity contribution >= 4 is 0 Å². The first-order chi connectivity index (χ1) is 5.31. The molecule has 0 nitrogen and oxygen atoms in total. The van der Waals surface area contributed by atoms with Gasteiger partial charge in [0.15, 0.2) is 0 Å². The molecular weight excluding hydrogens is 132 g/mol. The second kappa shape index (κ2) is 7.15. The summed E-state index contributed by atoms with van der Waals surface area (Å²) >= 11 is 0. The van der Waals surface area contributed by atoms with Gasteiger partial charge in [-0.3, -0.25) is 0 Å². The molecule has 0 aromatic heterocycles. The number of terminal acetylenes is 1. The Bertz CT molecular complexity index is 177. The molecule has 0 aromatic carbocycles. The summed E-state index contributed by atoms with van der Waals surface area (Å²) < 4.78 is 0. The van der Waals surface area contributed by atoms with Crippen molar-refractivity contribution in [3.8, 4) is 12.3 Å². The van der Waals surface area contributed by atoms with Crippen LogP contribution >= 0.6 is 0 Å². The lowest BCUT2D eigenvalue weighted by atomic mass is 10.2. The molecule has 0 bridgehead atoms. The first-order valence-corrected chi connectivity index (χ1v) is 4.05. The van der Waals surface area contributed by atoms with E-state index in [9.17, 15) is 0 Å². The summed E-state index contributed by atoms with van der Waals surface area (Å²) in [4.78, 5) is 0. The predicted octanol–water partition coefficient (Wildman–Crippen LogP) is 3.31. The molecule has 0 amide bonds. The Labute approximate surface area is 70.0 Å². The van der Waals surface area contributed by atoms with Gasteiger partial charge in [0, 0.05) is 6.42 Å². The van der Waals surface area contributed by atoms with Crippen LogP contribution in [-0.2, 0) is 0 Å². The van der Waals surface area contributed by atoms with Crippen LogP contribution in [0, 0.1) is 12.3 Å². The Morgan fingerprint density at radius 1 is 1.45 bits per heavy atom. The second-order valence-corrected chi connectivity index (χ2v) is 2.55. The van der Waals surface area contributed by atoms with Crippen LogP contribution in [0.3, 0.4) is 0 Å². The van der Waals surface area contributed by atoms with Crippen LogP contribution in [0.2, 0.25) is 0 Å². The minimum absolute atomic E-state index is 0.778. The lowest BCUT2D eigenvalue weighted by Gasteiger charge is -1.90. The molecule has 0 aliphatic rings. The highest BCUT2D eigenvalue weighted by molar-refractivity contribution is 5.09. The van der Waals surface area contributed by atoms with E-state index in [4.69, 9.17) is 6.42 Å². The molecule has 0 aliphatic carbocycles. The van der Waals surface area contributed by atoms with Crippen LogP contribution in [0.25, 0.3) is 0 Å². The van der Waals surface area contributed by atoms with Crippen molar-refractivity contribution in [3.05, 3.63) is 23.8 Å². The average Bonchev–Trinajstić information content (AvgIpc) is 1.99. The monoisotopic (exact) mass is 148 g/mol. The number of allylic oxidation sites excluding steroid dienone is 4. The molecule has 0 aromatic rings. The summed E-state index contributed by atoms with van der Waals surface area (Å²) in [5, 5.41) is 0. The number of hydrogen-bond acceptors (Lipinski definition) is 0. The molecule has 0 saturated heterocycles. The fraction of sp³-hybridized carbons (Fsp3) is 0.455. The summed E-state index contributed by atoms with van der Waals surface area (Å²) in [5.41, 5.74) is 1.29. The van der Waals surface area contributed by atoms with Crippen molar-refractivity contribution in [2.75, 3.05) is 0 Å². The van der Waals surface area contributed by atoms with E-state index in [0.29, 0.717) is 0 Å². The maximum atomic E-state index is 5.15. The van der Waals surface area contributed by atoms with Gasteiger partial charge in [-0.1, -0.05) is 30.7 Å². The third-order valence-corrected chi connectivity index (χ3v) is 1.39. The van der Waals surface area contributed by atoms with E-state index in [1.165, 1.54) is 5.57 Å². The van der Waals surface area contributed by atoms with Crippen LogP contribution in [-0.4, -0.2) is 0 Å². The minimum Gasteiger partial charge on any atom is -0.120 e. The Hall–Kier alpha value is -0.960. The Morgan fingerprint density at radius 2 is 2.18 bits per heavy atom. The number of rotatable bonds is 4. The standard InChI is InChI=1S/C11H16/c1-4-6-7-8-10-11(3)9-5-2/h2,6-7,10H,4,8-9H2,1,3H3/b7-6-,11-10-. The lowest BCUT2D eigenvalue weighted by Crippen LogP contribution is -1.71. The second-order valence-electron chi connectivity index (χ2n) is 2.55. The molecule has 0 heteroatoms. The van der Waals surface area contributed by atoms with Crippen molar-refractivity contribution in [2.24, 2.45) is 0 Å². The molecular formula is C11H16. The summed E-state index contributed by atoms with van der Waals surface area (Å²) in [6.07, 6.45) is 14.6. The SMILES string of the molecule is C#CC/C(C)=C\C/C=C\CC. The lowest BCUT2D eigenvalue weighted by molar-refractivity contribution is 1.17. The zero-order valence-corrected chi connectivity index (χ0v) is 7.43. The molecule has 0 radical (unpaired) electrons. The van der Waals surface area contributed by atoms with Crippen LogP contribution in [0.5, 0.6) is 0 Å². The zero-order chi connectivity index (χ0) is 8.53. The molecule has 0 rings (SSSR count). The van der Waals surface area contributed by atoms with Gasteiger partial charge in [0.2, 0.25) is 0 Å². The first-order valence-electron chi connectivity index (χ1n) is 4.05. The van der Waals surface area contributed by atoms with Gasteiger partial charge in [-0.05, 0) is 19.8 Å². The fourth-order valence-electron chi connectivity index (χ4n) is 0.765. The van der Waals surface area contributed by atoms with Crippen molar-refractivity contribution in [2.45, 2.75) is 33.1 Å². The van der Waals surface area contributed by atoms with E-state index in [1.54, 1.807) is 0 Å². The summed E-state index contributed by atoms with van der Waals surface area (Å²) in [7, 11) is 0. The highest BCUT2D eigenvalue weighted by Crippen LogP contribution is 2.00. The third-order valence-electron chi connectivity index (χ3n) is 1.39. The molecule has 0 saturated carbocycles. The van der Waals surface area contributed by atoms with Gasteiger partial charge in [0.1, 0.15) is 0 Å². The smallest absolute Gasteiger partial charge is 0.0293 e. The molecule has 0 heterocycles. The minimum atomic E-state index is 0.778. The quantitative estimate of drug-likeness (QED) is 0.424. The van der Waals surface area contributed by atoms with Crippen molar-refractivity contribution in [3.63, 3.8) is 0 Å². The van der Waals surface area contributed by atoms with Gasteiger partial charge in [0.05, 0.1) is 0 Å². The third kappa shape index (κ3) is 6.93. The fourth-order valence-corrected chi connectivity index (χ4v) is 0.765. The van der Waals surface area contributed by atoms with Gasteiger partial charge in [-0.25, -0.2) is 0 Å². The molecule has 0 spiro atoms. The van der Waals surface area contributed by atoms with E-state index in [1.807, 2.05) is 0 Å². The topological polar surface area (TPSA) is 0 Å². The van der Waals surface area contributed by atoms with Crippen molar-refractivity contribution < 1.29 is 0 Å². The van der Waals surface area contributed by atoms with E-state index in [2.05, 4.69) is 38.0 Å². The summed E-state index contributed by atoms with van der Waals surface area (Å²) in [6, 6.07) is 0. The van der Waals surface area contributed by atoms with Gasteiger partial charge >= 0.3 is 0 Å².